The van der Waals surface area contributed by atoms with Gasteiger partial charge in [-0.1, -0.05) is 5.16 Å². The largest absolute Gasteiger partial charge is 0.389 e. The van der Waals surface area contributed by atoms with Gasteiger partial charge in [0.1, 0.15) is 0 Å². The van der Waals surface area contributed by atoms with E-state index in [0.29, 0.717) is 22.4 Å². The molecule has 0 fully saturated rings. The van der Waals surface area contributed by atoms with Gasteiger partial charge in [0.2, 0.25) is 0 Å². The Bertz CT molecular complexity index is 611. The van der Waals surface area contributed by atoms with E-state index >= 15 is 0 Å². The van der Waals surface area contributed by atoms with Crippen LogP contribution in [0.2, 0.25) is 0 Å². The van der Waals surface area contributed by atoms with Crippen LogP contribution in [0.1, 0.15) is 16.1 Å². The van der Waals surface area contributed by atoms with E-state index < -0.39 is 6.10 Å². The molecule has 2 aromatic rings. The van der Waals surface area contributed by atoms with Gasteiger partial charge >= 0.3 is 0 Å². The molecular weight excluding hydrogens is 262 g/mol. The quantitative estimate of drug-likeness (QED) is 0.862. The highest BCUT2D eigenvalue weighted by molar-refractivity contribution is 5.96. The molecular formula is C13H17N3O4. The summed E-state index contributed by atoms with van der Waals surface area (Å²) in [5, 5.41) is 14.1. The Balaban J connectivity index is 2.15. The molecule has 0 bridgehead atoms. The first-order valence-electron chi connectivity index (χ1n) is 6.17. The van der Waals surface area contributed by atoms with E-state index in [1.165, 1.54) is 18.2 Å². The molecule has 0 saturated carbocycles. The number of hydrogen-bond donors (Lipinski definition) is 1. The fourth-order valence-corrected chi connectivity index (χ4v) is 1.93. The van der Waals surface area contributed by atoms with E-state index in [2.05, 4.69) is 10.1 Å². The molecule has 0 aliphatic carbocycles. The SMILES string of the molecule is COCC(O)CN(C)C(=O)c1cnc2onc(C)c2c1. The predicted molar refractivity (Wildman–Crippen MR) is 71.4 cm³/mol. The molecule has 1 unspecified atom stereocenters. The molecule has 108 valence electrons. The number of aromatic nitrogens is 2. The number of carbonyl (C=O) groups excluding carboxylic acids is 1. The lowest BCUT2D eigenvalue weighted by Crippen LogP contribution is -2.36. The summed E-state index contributed by atoms with van der Waals surface area (Å²) in [6.07, 6.45) is 0.720. The van der Waals surface area contributed by atoms with Gasteiger partial charge in [0.25, 0.3) is 11.6 Å². The van der Waals surface area contributed by atoms with Crippen LogP contribution in [0, 0.1) is 6.92 Å². The summed E-state index contributed by atoms with van der Waals surface area (Å²) in [5.74, 6) is -0.227. The van der Waals surface area contributed by atoms with Crippen molar-refractivity contribution < 1.29 is 19.2 Å². The van der Waals surface area contributed by atoms with Gasteiger partial charge in [0, 0.05) is 26.9 Å². The number of ether oxygens (including phenoxy) is 1. The number of pyridine rings is 1. The van der Waals surface area contributed by atoms with Crippen LogP contribution in [0.5, 0.6) is 0 Å². The third kappa shape index (κ3) is 2.94. The highest BCUT2D eigenvalue weighted by atomic mass is 16.5. The maximum atomic E-state index is 12.2. The summed E-state index contributed by atoms with van der Waals surface area (Å²) in [4.78, 5) is 17.7. The van der Waals surface area contributed by atoms with Crippen molar-refractivity contribution in [3.05, 3.63) is 23.5 Å². The van der Waals surface area contributed by atoms with Crippen molar-refractivity contribution >= 4 is 17.0 Å². The van der Waals surface area contributed by atoms with Crippen LogP contribution < -0.4 is 0 Å². The van der Waals surface area contributed by atoms with Gasteiger partial charge in [0.05, 0.1) is 29.4 Å². The Labute approximate surface area is 116 Å². The van der Waals surface area contributed by atoms with Gasteiger partial charge in [-0.3, -0.25) is 4.79 Å². The van der Waals surface area contributed by atoms with Crippen molar-refractivity contribution in [1.82, 2.24) is 15.0 Å². The molecule has 1 N–H and O–H groups in total. The van der Waals surface area contributed by atoms with E-state index in [9.17, 15) is 9.90 Å². The van der Waals surface area contributed by atoms with Crippen LogP contribution in [-0.2, 0) is 4.74 Å². The number of carbonyl (C=O) groups is 1. The summed E-state index contributed by atoms with van der Waals surface area (Å²) in [5.41, 5.74) is 1.52. The maximum absolute atomic E-state index is 12.2. The zero-order valence-electron chi connectivity index (χ0n) is 11.7. The lowest BCUT2D eigenvalue weighted by Gasteiger charge is -2.20. The molecule has 2 aromatic heterocycles. The normalized spacial score (nSPS) is 12.6. The van der Waals surface area contributed by atoms with Crippen molar-refractivity contribution in [2.75, 3.05) is 27.3 Å². The van der Waals surface area contributed by atoms with Crippen LogP contribution in [0.25, 0.3) is 11.1 Å². The van der Waals surface area contributed by atoms with Gasteiger partial charge in [-0.25, -0.2) is 4.98 Å². The molecule has 0 spiro atoms. The zero-order chi connectivity index (χ0) is 14.7. The summed E-state index contributed by atoms with van der Waals surface area (Å²) in [6, 6.07) is 1.69. The third-order valence-corrected chi connectivity index (χ3v) is 2.95. The topological polar surface area (TPSA) is 88.7 Å². The number of aryl methyl sites for hydroxylation is 1. The Kier molecular flexibility index (Phi) is 4.31. The van der Waals surface area contributed by atoms with Crippen LogP contribution in [0.4, 0.5) is 0 Å². The van der Waals surface area contributed by atoms with E-state index in [-0.39, 0.29) is 19.1 Å². The van der Waals surface area contributed by atoms with Gasteiger partial charge in [-0.05, 0) is 13.0 Å². The van der Waals surface area contributed by atoms with Gasteiger partial charge < -0.3 is 19.3 Å². The van der Waals surface area contributed by atoms with Crippen molar-refractivity contribution in [3.63, 3.8) is 0 Å². The number of likely N-dealkylation sites (N-methyl/N-ethyl adjacent to an activating group) is 1. The molecule has 0 aliphatic rings. The molecule has 0 saturated heterocycles. The minimum Gasteiger partial charge on any atom is -0.389 e. The minimum absolute atomic E-state index is 0.180. The predicted octanol–water partition coefficient (Wildman–Crippen LogP) is 0.611. The number of amides is 1. The molecule has 2 heterocycles. The summed E-state index contributed by atoms with van der Waals surface area (Å²) >= 11 is 0. The molecule has 2 rings (SSSR count). The monoisotopic (exact) mass is 279 g/mol. The average molecular weight is 279 g/mol. The first-order chi connectivity index (χ1) is 9.52. The molecule has 20 heavy (non-hydrogen) atoms. The lowest BCUT2D eigenvalue weighted by molar-refractivity contribution is 0.0380. The molecule has 0 aliphatic heterocycles. The number of rotatable bonds is 5. The lowest BCUT2D eigenvalue weighted by atomic mass is 10.2. The number of aliphatic hydroxyl groups excluding tert-OH is 1. The summed E-state index contributed by atoms with van der Waals surface area (Å²) in [7, 11) is 3.11. The first-order valence-corrected chi connectivity index (χ1v) is 6.17. The molecule has 7 heteroatoms. The van der Waals surface area contributed by atoms with Crippen LogP contribution in [0.3, 0.4) is 0 Å². The summed E-state index contributed by atoms with van der Waals surface area (Å²) < 4.78 is 9.83. The van der Waals surface area contributed by atoms with Crippen LogP contribution in [-0.4, -0.2) is 59.5 Å². The Morgan fingerprint density at radius 2 is 2.35 bits per heavy atom. The van der Waals surface area contributed by atoms with Crippen molar-refractivity contribution in [1.29, 1.82) is 0 Å². The Morgan fingerprint density at radius 3 is 3.05 bits per heavy atom. The fourth-order valence-electron chi connectivity index (χ4n) is 1.93. The van der Waals surface area contributed by atoms with Gasteiger partial charge in [-0.2, -0.15) is 0 Å². The van der Waals surface area contributed by atoms with E-state index in [1.807, 2.05) is 0 Å². The standard InChI is InChI=1S/C13H17N3O4/c1-8-11-4-9(5-14-12(11)20-15-8)13(18)16(2)6-10(17)7-19-3/h4-5,10,17H,6-7H2,1-3H3. The number of aliphatic hydroxyl groups is 1. The Hall–Kier alpha value is -1.99. The minimum atomic E-state index is -0.719. The summed E-state index contributed by atoms with van der Waals surface area (Å²) in [6.45, 7) is 2.15. The third-order valence-electron chi connectivity index (χ3n) is 2.95. The smallest absolute Gasteiger partial charge is 0.257 e. The molecule has 0 radical (unpaired) electrons. The van der Waals surface area contributed by atoms with E-state index in [4.69, 9.17) is 9.26 Å². The number of nitrogens with zero attached hydrogens (tertiary/aromatic N) is 3. The molecule has 1 atom stereocenters. The molecule has 0 aromatic carbocycles. The average Bonchev–Trinajstić information content (AvgIpc) is 2.79. The number of hydrogen-bond acceptors (Lipinski definition) is 6. The highest BCUT2D eigenvalue weighted by Gasteiger charge is 2.17. The van der Waals surface area contributed by atoms with E-state index in [1.54, 1.807) is 20.0 Å². The van der Waals surface area contributed by atoms with E-state index in [0.717, 1.165) is 0 Å². The van der Waals surface area contributed by atoms with Crippen molar-refractivity contribution in [2.45, 2.75) is 13.0 Å². The first kappa shape index (κ1) is 14.4. The van der Waals surface area contributed by atoms with Gasteiger partial charge in [0.15, 0.2) is 0 Å². The van der Waals surface area contributed by atoms with Crippen LogP contribution in [0.15, 0.2) is 16.8 Å². The second-order valence-electron chi connectivity index (χ2n) is 4.64. The highest BCUT2D eigenvalue weighted by Crippen LogP contribution is 2.17. The van der Waals surface area contributed by atoms with Crippen LogP contribution >= 0.6 is 0 Å². The zero-order valence-corrected chi connectivity index (χ0v) is 11.7. The van der Waals surface area contributed by atoms with Gasteiger partial charge in [-0.15, -0.1) is 0 Å². The van der Waals surface area contributed by atoms with Crippen molar-refractivity contribution in [3.8, 4) is 0 Å². The Morgan fingerprint density at radius 1 is 1.60 bits per heavy atom. The second kappa shape index (κ2) is 5.98. The van der Waals surface area contributed by atoms with Crippen molar-refractivity contribution in [2.24, 2.45) is 0 Å². The number of methoxy groups -OCH3 is 1. The fraction of sp³-hybridized carbons (Fsp3) is 0.462. The molecule has 1 amide bonds. The second-order valence-corrected chi connectivity index (χ2v) is 4.64. The maximum Gasteiger partial charge on any atom is 0.257 e. The number of fused-ring (bicyclic) bond motifs is 1. The molecule has 7 nitrogen and oxygen atoms in total.